The summed E-state index contributed by atoms with van der Waals surface area (Å²) in [4.78, 5) is 23.6. The Morgan fingerprint density at radius 2 is 1.72 bits per heavy atom. The zero-order valence-electron chi connectivity index (χ0n) is 15.0. The summed E-state index contributed by atoms with van der Waals surface area (Å²) in [5.41, 5.74) is 0.476. The van der Waals surface area contributed by atoms with Crippen molar-refractivity contribution in [2.24, 2.45) is 0 Å². The van der Waals surface area contributed by atoms with Gasteiger partial charge < -0.3 is 15.4 Å². The summed E-state index contributed by atoms with van der Waals surface area (Å²) in [7, 11) is 0. The number of hydrogen-bond acceptors (Lipinski definition) is 3. The molecule has 0 aliphatic carbocycles. The first-order chi connectivity index (χ1) is 13.6. The molecule has 10 heteroatoms. The molecule has 0 heterocycles. The summed E-state index contributed by atoms with van der Waals surface area (Å²) in [6, 6.07) is 10.4. The highest BCUT2D eigenvalue weighted by Crippen LogP contribution is 2.27. The van der Waals surface area contributed by atoms with Gasteiger partial charge in [0.05, 0.1) is 11.6 Å². The maximum atomic E-state index is 12.1. The summed E-state index contributed by atoms with van der Waals surface area (Å²) in [6.45, 7) is -1.14. The standard InChI is InChI=1S/C19H17Cl2F3N2O3/c20-13-5-8-16(15(21)10-13)29-9-1-2-17(27)26-14-6-3-12(4-7-14)18(28)25-11-19(22,23)24/h3-8,10H,1-2,9,11H2,(H,25,28)(H,26,27). The van der Waals surface area contributed by atoms with Gasteiger partial charge >= 0.3 is 6.18 Å². The van der Waals surface area contributed by atoms with Gasteiger partial charge in [-0.15, -0.1) is 0 Å². The number of hydrogen-bond donors (Lipinski definition) is 2. The quantitative estimate of drug-likeness (QED) is 0.553. The second-order valence-electron chi connectivity index (χ2n) is 5.95. The molecule has 0 bridgehead atoms. The number of carbonyl (C=O) groups is 2. The molecule has 0 aliphatic heterocycles. The van der Waals surface area contributed by atoms with E-state index in [2.05, 4.69) is 5.32 Å². The average Bonchev–Trinajstić information content (AvgIpc) is 2.64. The van der Waals surface area contributed by atoms with E-state index >= 15 is 0 Å². The Labute approximate surface area is 175 Å². The van der Waals surface area contributed by atoms with E-state index in [1.54, 1.807) is 23.5 Å². The average molecular weight is 449 g/mol. The number of rotatable bonds is 8. The Bertz CT molecular complexity index is 859. The van der Waals surface area contributed by atoms with Crippen molar-refractivity contribution in [2.45, 2.75) is 19.0 Å². The van der Waals surface area contributed by atoms with Gasteiger partial charge in [0.25, 0.3) is 5.91 Å². The van der Waals surface area contributed by atoms with E-state index in [0.29, 0.717) is 27.9 Å². The topological polar surface area (TPSA) is 67.4 Å². The maximum absolute atomic E-state index is 12.1. The molecule has 0 spiro atoms. The van der Waals surface area contributed by atoms with Gasteiger partial charge in [0.2, 0.25) is 5.91 Å². The van der Waals surface area contributed by atoms with Crippen molar-refractivity contribution in [2.75, 3.05) is 18.5 Å². The number of amides is 2. The number of anilines is 1. The molecule has 0 aliphatic rings. The molecule has 0 radical (unpaired) electrons. The van der Waals surface area contributed by atoms with Crippen LogP contribution in [0.25, 0.3) is 0 Å². The molecule has 2 N–H and O–H groups in total. The van der Waals surface area contributed by atoms with Crippen molar-refractivity contribution in [3.8, 4) is 5.75 Å². The summed E-state index contributed by atoms with van der Waals surface area (Å²) >= 11 is 11.8. The van der Waals surface area contributed by atoms with E-state index < -0.39 is 18.6 Å². The van der Waals surface area contributed by atoms with Crippen LogP contribution in [0.15, 0.2) is 42.5 Å². The highest BCUT2D eigenvalue weighted by Gasteiger charge is 2.27. The third-order valence-corrected chi connectivity index (χ3v) is 4.11. The van der Waals surface area contributed by atoms with Crippen molar-refractivity contribution in [1.82, 2.24) is 5.32 Å². The molecule has 0 saturated heterocycles. The molecule has 2 amide bonds. The van der Waals surface area contributed by atoms with Gasteiger partial charge in [-0.05, 0) is 48.9 Å². The van der Waals surface area contributed by atoms with E-state index in [1.165, 1.54) is 24.3 Å². The Balaban J connectivity index is 1.74. The molecule has 2 aromatic carbocycles. The van der Waals surface area contributed by atoms with Gasteiger partial charge in [-0.2, -0.15) is 13.2 Å². The van der Waals surface area contributed by atoms with E-state index in [9.17, 15) is 22.8 Å². The van der Waals surface area contributed by atoms with Gasteiger partial charge in [-0.25, -0.2) is 0 Å². The van der Waals surface area contributed by atoms with Crippen LogP contribution in [0.1, 0.15) is 23.2 Å². The van der Waals surface area contributed by atoms with Crippen LogP contribution in [0.4, 0.5) is 18.9 Å². The third kappa shape index (κ3) is 8.21. The molecule has 5 nitrogen and oxygen atoms in total. The smallest absolute Gasteiger partial charge is 0.405 e. The summed E-state index contributed by atoms with van der Waals surface area (Å²) < 4.78 is 41.8. The minimum atomic E-state index is -4.48. The number of alkyl halides is 3. The first kappa shape index (κ1) is 22.8. The minimum absolute atomic E-state index is 0.0560. The minimum Gasteiger partial charge on any atom is -0.492 e. The Hall–Kier alpha value is -2.45. The summed E-state index contributed by atoms with van der Waals surface area (Å²) in [6.07, 6.45) is -3.87. The van der Waals surface area contributed by atoms with Crippen molar-refractivity contribution in [1.29, 1.82) is 0 Å². The van der Waals surface area contributed by atoms with Crippen LogP contribution in [0.2, 0.25) is 10.0 Å². The van der Waals surface area contributed by atoms with Crippen LogP contribution < -0.4 is 15.4 Å². The highest BCUT2D eigenvalue weighted by atomic mass is 35.5. The zero-order chi connectivity index (χ0) is 21.4. The number of ether oxygens (including phenoxy) is 1. The van der Waals surface area contributed by atoms with Crippen LogP contribution in [-0.4, -0.2) is 31.1 Å². The van der Waals surface area contributed by atoms with Gasteiger partial charge in [0.1, 0.15) is 12.3 Å². The Morgan fingerprint density at radius 3 is 2.34 bits per heavy atom. The van der Waals surface area contributed by atoms with E-state index in [1.807, 2.05) is 0 Å². The molecule has 29 heavy (non-hydrogen) atoms. The number of carbonyl (C=O) groups excluding carboxylic acids is 2. The molecule has 0 unspecified atom stereocenters. The first-order valence-corrected chi connectivity index (χ1v) is 9.22. The normalized spacial score (nSPS) is 11.1. The predicted molar refractivity (Wildman–Crippen MR) is 105 cm³/mol. The Morgan fingerprint density at radius 1 is 1.03 bits per heavy atom. The van der Waals surface area contributed by atoms with Crippen LogP contribution >= 0.6 is 23.2 Å². The van der Waals surface area contributed by atoms with Gasteiger partial charge in [0, 0.05) is 22.7 Å². The second kappa shape index (κ2) is 10.4. The largest absolute Gasteiger partial charge is 0.492 e. The van der Waals surface area contributed by atoms with Crippen LogP contribution in [0.5, 0.6) is 5.75 Å². The lowest BCUT2D eigenvalue weighted by Gasteiger charge is -2.10. The van der Waals surface area contributed by atoms with Gasteiger partial charge in [-0.3, -0.25) is 9.59 Å². The summed E-state index contributed by atoms with van der Waals surface area (Å²) in [5, 5.41) is 5.27. The van der Waals surface area contributed by atoms with Crippen LogP contribution in [0, 0.1) is 0 Å². The lowest BCUT2D eigenvalue weighted by Crippen LogP contribution is -2.33. The fourth-order valence-electron chi connectivity index (χ4n) is 2.22. The maximum Gasteiger partial charge on any atom is 0.405 e. The highest BCUT2D eigenvalue weighted by molar-refractivity contribution is 6.35. The van der Waals surface area contributed by atoms with Crippen LogP contribution in [-0.2, 0) is 4.79 Å². The number of halogens is 5. The molecule has 2 aromatic rings. The summed E-state index contributed by atoms with van der Waals surface area (Å²) in [5.74, 6) is -0.654. The van der Waals surface area contributed by atoms with E-state index in [0.717, 1.165) is 0 Å². The van der Waals surface area contributed by atoms with Crippen molar-refractivity contribution in [3.05, 3.63) is 58.1 Å². The third-order valence-electron chi connectivity index (χ3n) is 3.58. The zero-order valence-corrected chi connectivity index (χ0v) is 16.5. The molecular formula is C19H17Cl2F3N2O3. The van der Waals surface area contributed by atoms with E-state index in [4.69, 9.17) is 27.9 Å². The molecule has 2 rings (SSSR count). The SMILES string of the molecule is O=C(CCCOc1ccc(Cl)cc1Cl)Nc1ccc(C(=O)NCC(F)(F)F)cc1. The molecular weight excluding hydrogens is 432 g/mol. The molecule has 0 fully saturated rings. The Kier molecular flexibility index (Phi) is 8.16. The van der Waals surface area contributed by atoms with Gasteiger partial charge in [0.15, 0.2) is 0 Å². The van der Waals surface area contributed by atoms with Crippen molar-refractivity contribution in [3.63, 3.8) is 0 Å². The monoisotopic (exact) mass is 448 g/mol. The van der Waals surface area contributed by atoms with E-state index in [-0.39, 0.29) is 24.5 Å². The lowest BCUT2D eigenvalue weighted by molar-refractivity contribution is -0.123. The van der Waals surface area contributed by atoms with Crippen LogP contribution in [0.3, 0.4) is 0 Å². The predicted octanol–water partition coefficient (Wildman–Crippen LogP) is 5.08. The first-order valence-electron chi connectivity index (χ1n) is 8.47. The molecule has 156 valence electrons. The van der Waals surface area contributed by atoms with Crippen molar-refractivity contribution >= 4 is 40.7 Å². The fraction of sp³-hybridized carbons (Fsp3) is 0.263. The number of benzene rings is 2. The second-order valence-corrected chi connectivity index (χ2v) is 6.79. The molecule has 0 aromatic heterocycles. The molecule has 0 saturated carbocycles. The lowest BCUT2D eigenvalue weighted by atomic mass is 10.2. The van der Waals surface area contributed by atoms with Gasteiger partial charge in [-0.1, -0.05) is 23.2 Å². The molecule has 0 atom stereocenters. The fourth-order valence-corrected chi connectivity index (χ4v) is 2.68. The number of nitrogens with one attached hydrogen (secondary N) is 2. The van der Waals surface area contributed by atoms with Crippen molar-refractivity contribution < 1.29 is 27.5 Å².